The Morgan fingerprint density at radius 2 is 1.48 bits per heavy atom. The molecule has 0 aromatic heterocycles. The largest absolute Gasteiger partial charge is 0.472 e. The third-order valence-corrected chi connectivity index (χ3v) is 4.47. The van der Waals surface area contributed by atoms with Crippen LogP contribution in [0.3, 0.4) is 0 Å². The molecule has 0 spiro atoms. The molecule has 0 bridgehead atoms. The van der Waals surface area contributed by atoms with Gasteiger partial charge in [-0.15, -0.1) is 0 Å². The standard InChI is InChI=1S/C12H23O12P/c1-2-6(14)22-3-5(13)4-23-25(20,21)24-12-10(18)8(16)7(15)9(17)11(12)19/h5,7-13,15-19H,2-4H2,1H3,(H,20,21). The molecule has 6 unspecified atom stereocenters. The van der Waals surface area contributed by atoms with Crippen LogP contribution in [0, 0.1) is 0 Å². The molecule has 1 aliphatic carbocycles. The second-order valence-electron chi connectivity index (χ2n) is 5.48. The zero-order valence-electron chi connectivity index (χ0n) is 13.3. The lowest BCUT2D eigenvalue weighted by atomic mass is 9.85. The van der Waals surface area contributed by atoms with Gasteiger partial charge in [-0.05, 0) is 0 Å². The van der Waals surface area contributed by atoms with E-state index in [1.165, 1.54) is 6.92 Å². The molecule has 1 saturated carbocycles. The first-order valence-electron chi connectivity index (χ1n) is 7.40. The third-order valence-electron chi connectivity index (χ3n) is 3.48. The summed E-state index contributed by atoms with van der Waals surface area (Å²) >= 11 is 0. The lowest BCUT2D eigenvalue weighted by Crippen LogP contribution is -2.64. The maximum Gasteiger partial charge on any atom is 0.472 e. The van der Waals surface area contributed by atoms with Crippen LogP contribution in [0.4, 0.5) is 0 Å². The predicted molar refractivity (Wildman–Crippen MR) is 77.9 cm³/mol. The number of esters is 1. The van der Waals surface area contributed by atoms with Crippen LogP contribution in [0.5, 0.6) is 0 Å². The number of carbonyl (C=O) groups excluding carboxylic acids is 1. The highest BCUT2D eigenvalue weighted by Gasteiger charge is 2.51. The second-order valence-corrected chi connectivity index (χ2v) is 6.88. The second kappa shape index (κ2) is 9.33. The summed E-state index contributed by atoms with van der Waals surface area (Å²) in [6.07, 6.45) is -13.1. The van der Waals surface area contributed by atoms with E-state index in [4.69, 9.17) is 0 Å². The van der Waals surface area contributed by atoms with Crippen molar-refractivity contribution in [1.82, 2.24) is 0 Å². The molecule has 0 heterocycles. The highest BCUT2D eigenvalue weighted by molar-refractivity contribution is 7.47. The first kappa shape index (κ1) is 22.4. The van der Waals surface area contributed by atoms with E-state index in [1.807, 2.05) is 0 Å². The molecule has 6 atom stereocenters. The van der Waals surface area contributed by atoms with Gasteiger partial charge in [-0.25, -0.2) is 4.57 Å². The van der Waals surface area contributed by atoms with E-state index < -0.39 is 69.7 Å². The minimum atomic E-state index is -4.94. The summed E-state index contributed by atoms with van der Waals surface area (Å²) in [5.41, 5.74) is 0. The van der Waals surface area contributed by atoms with Crippen LogP contribution in [0.15, 0.2) is 0 Å². The van der Waals surface area contributed by atoms with Crippen LogP contribution in [0.2, 0.25) is 0 Å². The summed E-state index contributed by atoms with van der Waals surface area (Å²) in [7, 11) is -4.94. The van der Waals surface area contributed by atoms with Crippen molar-refractivity contribution in [2.24, 2.45) is 0 Å². The monoisotopic (exact) mass is 390 g/mol. The first-order chi connectivity index (χ1) is 11.5. The van der Waals surface area contributed by atoms with Crippen LogP contribution in [0.1, 0.15) is 13.3 Å². The molecule has 1 fully saturated rings. The van der Waals surface area contributed by atoms with Gasteiger partial charge in [0.15, 0.2) is 0 Å². The number of ether oxygens (including phenoxy) is 1. The summed E-state index contributed by atoms with van der Waals surface area (Å²) in [6, 6.07) is 0. The molecule has 25 heavy (non-hydrogen) atoms. The molecule has 0 saturated heterocycles. The van der Waals surface area contributed by atoms with E-state index in [1.54, 1.807) is 0 Å². The molecule has 13 heteroatoms. The zero-order chi connectivity index (χ0) is 19.4. The summed E-state index contributed by atoms with van der Waals surface area (Å²) in [6.45, 7) is 0.254. The first-order valence-corrected chi connectivity index (χ1v) is 8.89. The van der Waals surface area contributed by atoms with Crippen LogP contribution in [0.25, 0.3) is 0 Å². The van der Waals surface area contributed by atoms with Crippen LogP contribution in [-0.2, 0) is 23.1 Å². The van der Waals surface area contributed by atoms with E-state index in [0.29, 0.717) is 0 Å². The van der Waals surface area contributed by atoms with Crippen molar-refractivity contribution in [3.05, 3.63) is 0 Å². The van der Waals surface area contributed by atoms with Crippen LogP contribution in [-0.4, -0.2) is 97.4 Å². The summed E-state index contributed by atoms with van der Waals surface area (Å²) < 4.78 is 25.4. The molecular formula is C12H23O12P. The number of rotatable bonds is 8. The van der Waals surface area contributed by atoms with Gasteiger partial charge in [-0.3, -0.25) is 13.8 Å². The molecule has 1 rings (SSSR count). The molecule has 0 radical (unpaired) electrons. The maximum atomic E-state index is 11.8. The third kappa shape index (κ3) is 6.22. The quantitative estimate of drug-likeness (QED) is 0.160. The Morgan fingerprint density at radius 1 is 1.00 bits per heavy atom. The Labute approximate surface area is 142 Å². The number of hydrogen-bond donors (Lipinski definition) is 7. The Balaban J connectivity index is 2.58. The van der Waals surface area contributed by atoms with E-state index >= 15 is 0 Å². The van der Waals surface area contributed by atoms with E-state index in [0.717, 1.165) is 0 Å². The minimum Gasteiger partial charge on any atom is -0.463 e. The number of carbonyl (C=O) groups is 1. The Morgan fingerprint density at radius 3 is 1.96 bits per heavy atom. The fourth-order valence-electron chi connectivity index (χ4n) is 2.03. The maximum absolute atomic E-state index is 11.8. The van der Waals surface area contributed by atoms with Gasteiger partial charge in [0, 0.05) is 6.42 Å². The average molecular weight is 390 g/mol. The summed E-state index contributed by atoms with van der Waals surface area (Å²) in [5, 5.41) is 57.3. The van der Waals surface area contributed by atoms with Crippen molar-refractivity contribution in [3.8, 4) is 0 Å². The minimum absolute atomic E-state index is 0.0726. The SMILES string of the molecule is CCC(=O)OCC(O)COP(=O)(O)OC1C(O)C(O)C(O)C(O)C1O. The molecule has 0 aromatic rings. The molecule has 1 aliphatic rings. The Kier molecular flexibility index (Phi) is 8.35. The van der Waals surface area contributed by atoms with Gasteiger partial charge < -0.3 is 40.3 Å². The number of hydrogen-bond acceptors (Lipinski definition) is 11. The molecule has 7 N–H and O–H groups in total. The van der Waals surface area contributed by atoms with Gasteiger partial charge in [0.1, 0.15) is 49.3 Å². The zero-order valence-corrected chi connectivity index (χ0v) is 14.2. The van der Waals surface area contributed by atoms with Crippen molar-refractivity contribution >= 4 is 13.8 Å². The predicted octanol–water partition coefficient (Wildman–Crippen LogP) is -3.38. The Hall–Kier alpha value is -0.660. The molecule has 0 aromatic carbocycles. The molecule has 12 nitrogen and oxygen atoms in total. The van der Waals surface area contributed by atoms with Crippen molar-refractivity contribution < 1.29 is 58.7 Å². The smallest absolute Gasteiger partial charge is 0.463 e. The van der Waals surface area contributed by atoms with Crippen molar-refractivity contribution in [1.29, 1.82) is 0 Å². The highest BCUT2D eigenvalue weighted by atomic mass is 31.2. The number of aliphatic hydroxyl groups excluding tert-OH is 6. The topological polar surface area (TPSA) is 203 Å². The van der Waals surface area contributed by atoms with Gasteiger partial charge in [-0.1, -0.05) is 6.92 Å². The molecule has 0 aliphatic heterocycles. The number of phosphoric ester groups is 1. The molecular weight excluding hydrogens is 367 g/mol. The molecule has 0 amide bonds. The lowest BCUT2D eigenvalue weighted by Gasteiger charge is -2.41. The van der Waals surface area contributed by atoms with E-state index in [2.05, 4.69) is 13.8 Å². The fourth-order valence-corrected chi connectivity index (χ4v) is 3.00. The van der Waals surface area contributed by atoms with Gasteiger partial charge in [0.05, 0.1) is 6.61 Å². The lowest BCUT2D eigenvalue weighted by molar-refractivity contribution is -0.220. The average Bonchev–Trinajstić information content (AvgIpc) is 2.58. The number of phosphoric acid groups is 1. The summed E-state index contributed by atoms with van der Waals surface area (Å²) in [5.74, 6) is -0.600. The Bertz CT molecular complexity index is 471. The van der Waals surface area contributed by atoms with E-state index in [9.17, 15) is 44.9 Å². The van der Waals surface area contributed by atoms with E-state index in [-0.39, 0.29) is 6.42 Å². The fraction of sp³-hybridized carbons (Fsp3) is 0.917. The van der Waals surface area contributed by atoms with Gasteiger partial charge >= 0.3 is 13.8 Å². The molecule has 148 valence electrons. The summed E-state index contributed by atoms with van der Waals surface area (Å²) in [4.78, 5) is 20.5. The van der Waals surface area contributed by atoms with Crippen LogP contribution < -0.4 is 0 Å². The number of aliphatic hydroxyl groups is 6. The van der Waals surface area contributed by atoms with Gasteiger partial charge in [0.25, 0.3) is 0 Å². The van der Waals surface area contributed by atoms with Crippen LogP contribution >= 0.6 is 7.82 Å². The highest BCUT2D eigenvalue weighted by Crippen LogP contribution is 2.47. The van der Waals surface area contributed by atoms with Crippen molar-refractivity contribution in [2.45, 2.75) is 56.1 Å². The van der Waals surface area contributed by atoms with Gasteiger partial charge in [-0.2, -0.15) is 0 Å². The van der Waals surface area contributed by atoms with Gasteiger partial charge in [0.2, 0.25) is 0 Å². The van der Waals surface area contributed by atoms with Crippen molar-refractivity contribution in [3.63, 3.8) is 0 Å². The normalized spacial score (nSPS) is 36.5. The van der Waals surface area contributed by atoms with Crippen molar-refractivity contribution in [2.75, 3.05) is 13.2 Å².